The van der Waals surface area contributed by atoms with E-state index in [1.54, 1.807) is 21.3 Å². The van der Waals surface area contributed by atoms with Crippen molar-refractivity contribution in [1.82, 2.24) is 4.98 Å². The molecule has 0 fully saturated rings. The maximum atomic E-state index is 10.3. The number of carbonyl (C=O) groups is 1. The number of H-pyrrole nitrogens is 1. The first-order valence-electron chi connectivity index (χ1n) is 8.84. The molecule has 7 nitrogen and oxygen atoms in total. The third-order valence-corrected chi connectivity index (χ3v) is 4.44. The molecule has 148 valence electrons. The fourth-order valence-corrected chi connectivity index (χ4v) is 3.20. The van der Waals surface area contributed by atoms with E-state index in [0.29, 0.717) is 36.7 Å². The molecule has 2 aromatic carbocycles. The number of fused-ring (bicyclic) bond motifs is 1. The van der Waals surface area contributed by atoms with Crippen molar-refractivity contribution in [3.63, 3.8) is 0 Å². The first-order valence-corrected chi connectivity index (χ1v) is 8.84. The number of hydrogen-bond acceptors (Lipinski definition) is 6. The van der Waals surface area contributed by atoms with Crippen molar-refractivity contribution >= 4 is 28.7 Å². The normalized spacial score (nSPS) is 10.6. The minimum Gasteiger partial charge on any atom is -0.493 e. The van der Waals surface area contributed by atoms with Crippen molar-refractivity contribution in [1.29, 1.82) is 0 Å². The van der Waals surface area contributed by atoms with Crippen LogP contribution in [0.1, 0.15) is 11.3 Å². The average Bonchev–Trinajstić information content (AvgIpc) is 3.10. The van der Waals surface area contributed by atoms with Gasteiger partial charge in [0.2, 0.25) is 5.75 Å². The molecule has 0 aliphatic rings. The summed E-state index contributed by atoms with van der Waals surface area (Å²) in [5.74, 6) is 1.70. The van der Waals surface area contributed by atoms with Crippen LogP contribution in [0.5, 0.6) is 17.2 Å². The van der Waals surface area contributed by atoms with E-state index in [1.807, 2.05) is 19.1 Å². The highest BCUT2D eigenvalue weighted by atomic mass is 16.5. The zero-order chi connectivity index (χ0) is 20.1. The zero-order valence-corrected chi connectivity index (χ0v) is 16.4. The van der Waals surface area contributed by atoms with Gasteiger partial charge in [-0.1, -0.05) is 0 Å². The summed E-state index contributed by atoms with van der Waals surface area (Å²) in [4.78, 5) is 13.7. The predicted octanol–water partition coefficient (Wildman–Crippen LogP) is 3.96. The minimum absolute atomic E-state index is 0.338. The Kier molecular flexibility index (Phi) is 5.93. The lowest BCUT2D eigenvalue weighted by Gasteiger charge is -2.16. The number of ether oxygens (including phenoxy) is 4. The number of rotatable bonds is 9. The largest absolute Gasteiger partial charge is 0.493 e. The minimum atomic E-state index is 0.338. The van der Waals surface area contributed by atoms with E-state index in [2.05, 4.69) is 28.5 Å². The van der Waals surface area contributed by atoms with Gasteiger partial charge in [-0.15, -0.1) is 0 Å². The van der Waals surface area contributed by atoms with Gasteiger partial charge in [-0.3, -0.25) is 4.79 Å². The van der Waals surface area contributed by atoms with Crippen molar-refractivity contribution < 1.29 is 23.7 Å². The number of carbonyl (C=O) groups excluding carboxylic acids is 1. The third kappa shape index (κ3) is 3.98. The molecule has 0 aliphatic carbocycles. The van der Waals surface area contributed by atoms with E-state index in [1.165, 1.54) is 0 Å². The van der Waals surface area contributed by atoms with Gasteiger partial charge in [-0.25, -0.2) is 0 Å². The van der Waals surface area contributed by atoms with Crippen LogP contribution in [-0.4, -0.2) is 39.4 Å². The Morgan fingerprint density at radius 1 is 1.00 bits per heavy atom. The van der Waals surface area contributed by atoms with Gasteiger partial charge in [0.25, 0.3) is 6.47 Å². The summed E-state index contributed by atoms with van der Waals surface area (Å²) in [6.07, 6.45) is 0.621. The van der Waals surface area contributed by atoms with Crippen molar-refractivity contribution in [2.75, 3.05) is 33.3 Å². The molecule has 0 unspecified atom stereocenters. The van der Waals surface area contributed by atoms with E-state index in [-0.39, 0.29) is 0 Å². The summed E-state index contributed by atoms with van der Waals surface area (Å²) >= 11 is 0. The van der Waals surface area contributed by atoms with Crippen molar-refractivity contribution in [3.05, 3.63) is 41.6 Å². The number of aryl methyl sites for hydroxylation is 1. The molecule has 0 spiro atoms. The highest BCUT2D eigenvalue weighted by molar-refractivity contribution is 5.95. The molecule has 1 heterocycles. The lowest BCUT2D eigenvalue weighted by atomic mass is 10.1. The van der Waals surface area contributed by atoms with Crippen LogP contribution in [0.2, 0.25) is 0 Å². The molecule has 3 rings (SSSR count). The third-order valence-electron chi connectivity index (χ3n) is 4.44. The van der Waals surface area contributed by atoms with E-state index in [4.69, 9.17) is 18.9 Å². The average molecular weight is 384 g/mol. The smallest absolute Gasteiger partial charge is 0.293 e. The Bertz CT molecular complexity index is 955. The Morgan fingerprint density at radius 2 is 1.71 bits per heavy atom. The number of anilines is 2. The molecule has 1 aromatic heterocycles. The van der Waals surface area contributed by atoms with Gasteiger partial charge in [0.15, 0.2) is 11.5 Å². The van der Waals surface area contributed by atoms with E-state index in [0.717, 1.165) is 33.5 Å². The topological polar surface area (TPSA) is 81.8 Å². The van der Waals surface area contributed by atoms with E-state index in [9.17, 15) is 4.79 Å². The highest BCUT2D eigenvalue weighted by Gasteiger charge is 2.14. The second-order valence-electron chi connectivity index (χ2n) is 6.32. The molecular weight excluding hydrogens is 360 g/mol. The molecule has 0 radical (unpaired) electrons. The van der Waals surface area contributed by atoms with Crippen LogP contribution in [0.3, 0.4) is 0 Å². The Balaban J connectivity index is 1.98. The van der Waals surface area contributed by atoms with Gasteiger partial charge in [0, 0.05) is 46.5 Å². The molecule has 28 heavy (non-hydrogen) atoms. The molecule has 0 bridgehead atoms. The molecule has 0 saturated heterocycles. The summed E-state index contributed by atoms with van der Waals surface area (Å²) in [5.41, 5.74) is 4.88. The summed E-state index contributed by atoms with van der Waals surface area (Å²) < 4.78 is 21.1. The maximum absolute atomic E-state index is 10.3. The zero-order valence-electron chi connectivity index (χ0n) is 16.4. The maximum Gasteiger partial charge on any atom is 0.293 e. The van der Waals surface area contributed by atoms with Crippen LogP contribution in [0.25, 0.3) is 10.9 Å². The molecule has 0 saturated carbocycles. The van der Waals surface area contributed by atoms with E-state index < -0.39 is 0 Å². The monoisotopic (exact) mass is 384 g/mol. The van der Waals surface area contributed by atoms with Crippen molar-refractivity contribution in [2.45, 2.75) is 13.3 Å². The lowest BCUT2D eigenvalue weighted by molar-refractivity contribution is -0.128. The lowest BCUT2D eigenvalue weighted by Crippen LogP contribution is -1.98. The van der Waals surface area contributed by atoms with Crippen molar-refractivity contribution in [2.24, 2.45) is 0 Å². The molecule has 0 aliphatic heterocycles. The van der Waals surface area contributed by atoms with Gasteiger partial charge in [0.05, 0.1) is 27.9 Å². The first-order chi connectivity index (χ1) is 13.6. The summed E-state index contributed by atoms with van der Waals surface area (Å²) in [6.45, 7) is 2.84. The fraction of sp³-hybridized carbons (Fsp3) is 0.286. The van der Waals surface area contributed by atoms with Gasteiger partial charge in [-0.05, 0) is 30.7 Å². The van der Waals surface area contributed by atoms with Crippen LogP contribution in [-0.2, 0) is 16.0 Å². The quantitative estimate of drug-likeness (QED) is 0.429. The number of aromatic nitrogens is 1. The molecule has 2 N–H and O–H groups in total. The number of nitrogens with one attached hydrogen (secondary N) is 2. The number of benzene rings is 2. The summed E-state index contributed by atoms with van der Waals surface area (Å²) in [6, 6.07) is 9.94. The number of methoxy groups -OCH3 is 3. The Hall–Kier alpha value is -3.35. The van der Waals surface area contributed by atoms with Crippen LogP contribution in [0, 0.1) is 6.92 Å². The summed E-state index contributed by atoms with van der Waals surface area (Å²) in [5, 5.41) is 4.49. The first kappa shape index (κ1) is 19.4. The van der Waals surface area contributed by atoms with Crippen LogP contribution in [0.4, 0.5) is 11.4 Å². The predicted molar refractivity (Wildman–Crippen MR) is 108 cm³/mol. The molecular formula is C21H24N2O5. The standard InChI is InChI=1S/C21H24N2O5/c1-13-7-17-16(9-14(22-17)5-6-28-12-24)18(8-13)23-15-10-19(25-2)21(27-4)20(11-15)26-3/h7-12,22-23H,5-6H2,1-4H3. The molecule has 0 atom stereocenters. The fourth-order valence-electron chi connectivity index (χ4n) is 3.20. The van der Waals surface area contributed by atoms with Gasteiger partial charge < -0.3 is 29.2 Å². The number of hydrogen-bond donors (Lipinski definition) is 2. The molecule has 0 amide bonds. The second-order valence-corrected chi connectivity index (χ2v) is 6.32. The molecule has 3 aromatic rings. The highest BCUT2D eigenvalue weighted by Crippen LogP contribution is 2.41. The van der Waals surface area contributed by atoms with Crippen LogP contribution in [0.15, 0.2) is 30.3 Å². The SMILES string of the molecule is COc1cc(Nc2cc(C)cc3[nH]c(CCOC=O)cc23)cc(OC)c1OC. The molecule has 7 heteroatoms. The Labute approximate surface area is 163 Å². The van der Waals surface area contributed by atoms with Gasteiger partial charge >= 0.3 is 0 Å². The number of aromatic amines is 1. The van der Waals surface area contributed by atoms with Crippen molar-refractivity contribution in [3.8, 4) is 17.2 Å². The van der Waals surface area contributed by atoms with Crippen LogP contribution < -0.4 is 19.5 Å². The van der Waals surface area contributed by atoms with Gasteiger partial charge in [0.1, 0.15) is 0 Å². The van der Waals surface area contributed by atoms with Crippen LogP contribution >= 0.6 is 0 Å². The van der Waals surface area contributed by atoms with Gasteiger partial charge in [-0.2, -0.15) is 0 Å². The van der Waals surface area contributed by atoms with E-state index >= 15 is 0 Å². The second kappa shape index (κ2) is 8.56. The summed E-state index contributed by atoms with van der Waals surface area (Å²) in [7, 11) is 4.75. The Morgan fingerprint density at radius 3 is 2.32 bits per heavy atom.